The van der Waals surface area contributed by atoms with E-state index >= 15 is 0 Å². The number of rotatable bonds is 8. The minimum absolute atomic E-state index is 0.199. The lowest BCUT2D eigenvalue weighted by atomic mass is 10.1. The lowest BCUT2D eigenvalue weighted by molar-refractivity contribution is -0.118. The number of nitrogens with zero attached hydrogens (tertiary/aromatic N) is 1. The average Bonchev–Trinajstić information content (AvgIpc) is 3.37. The van der Waals surface area contributed by atoms with Gasteiger partial charge in [0.15, 0.2) is 12.4 Å². The summed E-state index contributed by atoms with van der Waals surface area (Å²) in [6.07, 6.45) is 2.94. The average molecular weight is 457 g/mol. The highest BCUT2D eigenvalue weighted by Crippen LogP contribution is 2.23. The minimum atomic E-state index is -0.377. The van der Waals surface area contributed by atoms with Gasteiger partial charge < -0.3 is 24.5 Å². The quantitative estimate of drug-likeness (QED) is 0.370. The maximum Gasteiger partial charge on any atom is 0.291 e. The molecule has 0 atom stereocenters. The van der Waals surface area contributed by atoms with Crippen molar-refractivity contribution in [2.45, 2.75) is 13.8 Å². The smallest absolute Gasteiger partial charge is 0.291 e. The fourth-order valence-electron chi connectivity index (χ4n) is 3.02. The van der Waals surface area contributed by atoms with Crippen LogP contribution in [0.2, 0.25) is 0 Å². The maximum absolute atomic E-state index is 12.3. The van der Waals surface area contributed by atoms with E-state index in [1.807, 2.05) is 32.0 Å². The first-order valence-electron chi connectivity index (χ1n) is 10.5. The molecule has 2 N–H and O–H groups in total. The van der Waals surface area contributed by atoms with Gasteiger partial charge in [-0.2, -0.15) is 0 Å². The zero-order valence-corrected chi connectivity index (χ0v) is 18.7. The van der Waals surface area contributed by atoms with Crippen LogP contribution in [0.4, 0.5) is 11.4 Å². The molecule has 0 bridgehead atoms. The molecule has 0 aliphatic rings. The number of nitrogens with one attached hydrogen (secondary N) is 2. The Bertz CT molecular complexity index is 1280. The number of aryl methyl sites for hydroxylation is 2. The third kappa shape index (κ3) is 6.01. The van der Waals surface area contributed by atoms with Crippen LogP contribution < -0.4 is 20.1 Å². The van der Waals surface area contributed by atoms with Crippen molar-refractivity contribution in [2.24, 2.45) is 0 Å². The summed E-state index contributed by atoms with van der Waals surface area (Å²) in [5.41, 5.74) is 3.35. The van der Waals surface area contributed by atoms with Crippen molar-refractivity contribution in [3.63, 3.8) is 0 Å². The van der Waals surface area contributed by atoms with E-state index in [1.165, 1.54) is 18.0 Å². The van der Waals surface area contributed by atoms with E-state index in [1.54, 1.807) is 48.5 Å². The van der Waals surface area contributed by atoms with Crippen LogP contribution in [-0.2, 0) is 4.79 Å². The second-order valence-corrected chi connectivity index (χ2v) is 7.53. The number of anilines is 2. The number of hydrogen-bond donors (Lipinski definition) is 2. The molecule has 0 spiro atoms. The fraction of sp³-hybridized carbons (Fsp3) is 0.115. The van der Waals surface area contributed by atoms with Gasteiger partial charge >= 0.3 is 0 Å². The monoisotopic (exact) mass is 457 g/mol. The van der Waals surface area contributed by atoms with E-state index < -0.39 is 0 Å². The van der Waals surface area contributed by atoms with Gasteiger partial charge in [-0.1, -0.05) is 12.1 Å². The lowest BCUT2D eigenvalue weighted by Crippen LogP contribution is -2.20. The Balaban J connectivity index is 1.27. The number of aromatic nitrogens is 1. The number of carbonyl (C=O) groups excluding carboxylic acids is 2. The largest absolute Gasteiger partial charge is 0.484 e. The first-order chi connectivity index (χ1) is 16.5. The molecule has 2 heterocycles. The summed E-state index contributed by atoms with van der Waals surface area (Å²) in [7, 11) is 0. The van der Waals surface area contributed by atoms with E-state index in [9.17, 15) is 9.59 Å². The maximum atomic E-state index is 12.3. The molecule has 2 amide bonds. The first kappa shape index (κ1) is 22.6. The molecule has 2 aromatic heterocycles. The predicted octanol–water partition coefficient (Wildman–Crippen LogP) is 5.35. The Morgan fingerprint density at radius 3 is 2.50 bits per heavy atom. The number of pyridine rings is 1. The molecular weight excluding hydrogens is 434 g/mol. The Labute approximate surface area is 196 Å². The fourth-order valence-corrected chi connectivity index (χ4v) is 3.02. The van der Waals surface area contributed by atoms with Crippen molar-refractivity contribution < 1.29 is 23.5 Å². The van der Waals surface area contributed by atoms with Crippen LogP contribution in [0.15, 0.2) is 83.6 Å². The molecule has 0 radical (unpaired) electrons. The topological polar surface area (TPSA) is 103 Å². The molecule has 34 heavy (non-hydrogen) atoms. The van der Waals surface area contributed by atoms with Crippen LogP contribution in [0.3, 0.4) is 0 Å². The van der Waals surface area contributed by atoms with Gasteiger partial charge in [0.1, 0.15) is 11.5 Å². The van der Waals surface area contributed by atoms with Crippen molar-refractivity contribution in [3.05, 3.63) is 96.1 Å². The van der Waals surface area contributed by atoms with Gasteiger partial charge in [0.25, 0.3) is 11.8 Å². The third-order valence-electron chi connectivity index (χ3n) is 4.93. The Kier molecular flexibility index (Phi) is 6.88. The molecular formula is C26H23N3O5. The molecule has 0 saturated heterocycles. The number of carbonyl (C=O) groups is 2. The highest BCUT2D eigenvalue weighted by molar-refractivity contribution is 6.02. The summed E-state index contributed by atoms with van der Waals surface area (Å²) >= 11 is 0. The van der Waals surface area contributed by atoms with Crippen molar-refractivity contribution in [3.8, 4) is 17.4 Å². The summed E-state index contributed by atoms with van der Waals surface area (Å²) in [6.45, 7) is 3.84. The van der Waals surface area contributed by atoms with Crippen LogP contribution in [0, 0.1) is 13.8 Å². The second-order valence-electron chi connectivity index (χ2n) is 7.53. The number of ether oxygens (including phenoxy) is 2. The molecule has 0 aliphatic carbocycles. The number of hydrogen-bond acceptors (Lipinski definition) is 6. The van der Waals surface area contributed by atoms with Crippen LogP contribution in [-0.4, -0.2) is 23.4 Å². The van der Waals surface area contributed by atoms with E-state index in [0.29, 0.717) is 28.8 Å². The summed E-state index contributed by atoms with van der Waals surface area (Å²) in [5.74, 6) is 1.02. The van der Waals surface area contributed by atoms with Crippen molar-refractivity contribution >= 4 is 23.2 Å². The van der Waals surface area contributed by atoms with Gasteiger partial charge in [-0.15, -0.1) is 0 Å². The Morgan fingerprint density at radius 1 is 0.882 bits per heavy atom. The van der Waals surface area contributed by atoms with Crippen molar-refractivity contribution in [1.82, 2.24) is 4.98 Å². The van der Waals surface area contributed by atoms with Gasteiger partial charge in [0.2, 0.25) is 5.88 Å². The van der Waals surface area contributed by atoms with E-state index in [0.717, 1.165) is 5.56 Å². The highest BCUT2D eigenvalue weighted by atomic mass is 16.5. The van der Waals surface area contributed by atoms with Gasteiger partial charge in [-0.3, -0.25) is 9.59 Å². The molecule has 172 valence electrons. The van der Waals surface area contributed by atoms with Crippen LogP contribution in [0.1, 0.15) is 21.7 Å². The number of furan rings is 1. The molecule has 2 aromatic carbocycles. The summed E-state index contributed by atoms with van der Waals surface area (Å²) in [6, 6.07) is 19.1. The number of amides is 2. The molecule has 0 fully saturated rings. The molecule has 0 unspecified atom stereocenters. The van der Waals surface area contributed by atoms with Crippen molar-refractivity contribution in [1.29, 1.82) is 0 Å². The SMILES string of the molecule is Cc1ccc(Oc2ccc(NC(=O)COc3cccc(NC(=O)c4ccco4)c3)cn2)cc1C. The normalized spacial score (nSPS) is 10.4. The predicted molar refractivity (Wildman–Crippen MR) is 127 cm³/mol. The van der Waals surface area contributed by atoms with E-state index in [2.05, 4.69) is 15.6 Å². The van der Waals surface area contributed by atoms with Crippen molar-refractivity contribution in [2.75, 3.05) is 17.2 Å². The van der Waals surface area contributed by atoms with Gasteiger partial charge in [-0.05, 0) is 67.4 Å². The van der Waals surface area contributed by atoms with Crippen LogP contribution >= 0.6 is 0 Å². The van der Waals surface area contributed by atoms with Crippen LogP contribution in [0.5, 0.6) is 17.4 Å². The van der Waals surface area contributed by atoms with Gasteiger partial charge in [0, 0.05) is 17.8 Å². The first-order valence-corrected chi connectivity index (χ1v) is 10.5. The lowest BCUT2D eigenvalue weighted by Gasteiger charge is -2.10. The zero-order chi connectivity index (χ0) is 23.9. The molecule has 0 saturated carbocycles. The summed E-state index contributed by atoms with van der Waals surface area (Å²) in [5, 5.41) is 5.43. The molecule has 0 aliphatic heterocycles. The molecule has 8 heteroatoms. The summed E-state index contributed by atoms with van der Waals surface area (Å²) in [4.78, 5) is 28.6. The standard InChI is InChI=1S/C26H23N3O5/c1-17-8-10-22(13-18(17)2)34-25-11-9-20(15-27-25)28-24(30)16-33-21-6-3-5-19(14-21)29-26(31)23-7-4-12-32-23/h3-15H,16H2,1-2H3,(H,28,30)(H,29,31). The third-order valence-corrected chi connectivity index (χ3v) is 4.93. The number of benzene rings is 2. The molecule has 4 aromatic rings. The van der Waals surface area contributed by atoms with Gasteiger partial charge in [-0.25, -0.2) is 4.98 Å². The van der Waals surface area contributed by atoms with Gasteiger partial charge in [0.05, 0.1) is 18.1 Å². The zero-order valence-electron chi connectivity index (χ0n) is 18.7. The highest BCUT2D eigenvalue weighted by Gasteiger charge is 2.10. The summed E-state index contributed by atoms with van der Waals surface area (Å²) < 4.78 is 16.4. The Morgan fingerprint density at radius 2 is 1.76 bits per heavy atom. The van der Waals surface area contributed by atoms with E-state index in [-0.39, 0.29) is 24.2 Å². The second kappa shape index (κ2) is 10.4. The molecule has 8 nitrogen and oxygen atoms in total. The van der Waals surface area contributed by atoms with E-state index in [4.69, 9.17) is 13.9 Å². The Hall–Kier alpha value is -4.59. The van der Waals surface area contributed by atoms with Crippen LogP contribution in [0.25, 0.3) is 0 Å². The minimum Gasteiger partial charge on any atom is -0.484 e. The molecule has 4 rings (SSSR count).